The molecule has 2 aliphatic rings. The van der Waals surface area contributed by atoms with Crippen LogP contribution < -0.4 is 10.6 Å². The highest BCUT2D eigenvalue weighted by molar-refractivity contribution is 6.37. The maximum atomic E-state index is 11.3. The van der Waals surface area contributed by atoms with E-state index in [1.54, 1.807) is 0 Å². The summed E-state index contributed by atoms with van der Waals surface area (Å²) in [6.45, 7) is 1.44. The first-order valence-corrected chi connectivity index (χ1v) is 6.94. The fourth-order valence-corrected chi connectivity index (χ4v) is 2.27. The Balaban J connectivity index is 2.07. The third-order valence-corrected chi connectivity index (χ3v) is 3.32. The summed E-state index contributed by atoms with van der Waals surface area (Å²) < 4.78 is 5.23. The van der Waals surface area contributed by atoms with Gasteiger partial charge in [0.25, 0.3) is 0 Å². The number of aliphatic hydroxyl groups excluding tert-OH is 3. The van der Waals surface area contributed by atoms with Crippen LogP contribution in [0.2, 0.25) is 0 Å². The molecule has 0 aromatic carbocycles. The van der Waals surface area contributed by atoms with Crippen molar-refractivity contribution < 1.29 is 30.0 Å². The Labute approximate surface area is 126 Å². The van der Waals surface area contributed by atoms with E-state index in [9.17, 15) is 20.1 Å². The number of aliphatic imine (C=N–C) groups is 2. The fourth-order valence-electron chi connectivity index (χ4n) is 2.27. The van der Waals surface area contributed by atoms with Crippen LogP contribution in [0.15, 0.2) is 9.98 Å². The number of nitrogens with zero attached hydrogens (tertiary/aromatic N) is 2. The fraction of sp³-hybridized carbons (Fsp3) is 0.750. The van der Waals surface area contributed by atoms with Crippen molar-refractivity contribution in [2.45, 2.75) is 50.5 Å². The number of aliphatic hydroxyl groups is 3. The summed E-state index contributed by atoms with van der Waals surface area (Å²) in [5.74, 6) is -1.66. The first kappa shape index (κ1) is 16.6. The molecule has 10 heteroatoms. The van der Waals surface area contributed by atoms with Crippen LogP contribution in [0.25, 0.3) is 0 Å². The van der Waals surface area contributed by atoms with E-state index in [1.165, 1.54) is 0 Å². The topological polar surface area (TPSA) is 156 Å². The Morgan fingerprint density at radius 2 is 2.23 bits per heavy atom. The molecule has 22 heavy (non-hydrogen) atoms. The van der Waals surface area contributed by atoms with Gasteiger partial charge in [-0.2, -0.15) is 0 Å². The molecular formula is C12H20N4O6. The van der Waals surface area contributed by atoms with Gasteiger partial charge in [0.1, 0.15) is 6.10 Å². The Morgan fingerprint density at radius 3 is 2.77 bits per heavy atom. The zero-order valence-corrected chi connectivity index (χ0v) is 12.0. The number of amidine groups is 1. The minimum absolute atomic E-state index is 0.0756. The first-order chi connectivity index (χ1) is 10.4. The smallest absolute Gasteiger partial charge is 0.371 e. The summed E-state index contributed by atoms with van der Waals surface area (Å²) in [7, 11) is 0. The normalized spacial score (nSPS) is 35.7. The third kappa shape index (κ3) is 4.13. The lowest BCUT2D eigenvalue weighted by molar-refractivity contribution is -0.129. The van der Waals surface area contributed by atoms with Crippen molar-refractivity contribution in [2.75, 3.05) is 6.61 Å². The van der Waals surface area contributed by atoms with Crippen LogP contribution >= 0.6 is 0 Å². The largest absolute Gasteiger partial charge is 0.475 e. The lowest BCUT2D eigenvalue weighted by Crippen LogP contribution is -2.51. The van der Waals surface area contributed by atoms with Crippen LogP contribution in [0.5, 0.6) is 0 Å². The van der Waals surface area contributed by atoms with Crippen LogP contribution in [0.3, 0.4) is 0 Å². The summed E-state index contributed by atoms with van der Waals surface area (Å²) in [5, 5.41) is 42.7. The van der Waals surface area contributed by atoms with Crippen molar-refractivity contribution in [1.82, 2.24) is 10.6 Å². The molecule has 124 valence electrons. The maximum absolute atomic E-state index is 11.3. The van der Waals surface area contributed by atoms with Crippen LogP contribution in [-0.4, -0.2) is 75.5 Å². The average molecular weight is 316 g/mol. The Bertz CT molecular complexity index is 482. The lowest BCUT2D eigenvalue weighted by Gasteiger charge is -2.25. The third-order valence-electron chi connectivity index (χ3n) is 3.32. The molecule has 10 nitrogen and oxygen atoms in total. The highest BCUT2D eigenvalue weighted by Gasteiger charge is 2.34. The number of ether oxygens (including phenoxy) is 1. The van der Waals surface area contributed by atoms with Crippen molar-refractivity contribution in [3.63, 3.8) is 0 Å². The summed E-state index contributed by atoms with van der Waals surface area (Å²) in [6.07, 6.45) is -2.98. The molecule has 2 heterocycles. The minimum Gasteiger partial charge on any atom is -0.475 e. The van der Waals surface area contributed by atoms with Crippen LogP contribution in [0.1, 0.15) is 19.8 Å². The highest BCUT2D eigenvalue weighted by atomic mass is 16.5. The van der Waals surface area contributed by atoms with Gasteiger partial charge >= 0.3 is 5.97 Å². The Morgan fingerprint density at radius 1 is 1.50 bits per heavy atom. The number of carboxylic acids is 1. The van der Waals surface area contributed by atoms with Gasteiger partial charge in [0, 0.05) is 18.9 Å². The summed E-state index contributed by atoms with van der Waals surface area (Å²) in [4.78, 5) is 19.0. The van der Waals surface area contributed by atoms with Crippen molar-refractivity contribution in [3.05, 3.63) is 0 Å². The van der Waals surface area contributed by atoms with Crippen molar-refractivity contribution in [3.8, 4) is 0 Å². The molecule has 0 aliphatic carbocycles. The number of nitrogens with one attached hydrogen (secondary N) is 2. The number of guanidine groups is 1. The molecular weight excluding hydrogens is 296 g/mol. The van der Waals surface area contributed by atoms with Gasteiger partial charge in [-0.05, 0) is 6.92 Å². The van der Waals surface area contributed by atoms with Gasteiger partial charge in [-0.15, -0.1) is 0 Å². The van der Waals surface area contributed by atoms with Crippen molar-refractivity contribution in [1.29, 1.82) is 0 Å². The van der Waals surface area contributed by atoms with Crippen LogP contribution in [0, 0.1) is 0 Å². The zero-order chi connectivity index (χ0) is 16.3. The van der Waals surface area contributed by atoms with E-state index in [2.05, 4.69) is 20.6 Å². The number of aliphatic carboxylic acids is 1. The number of carbonyl (C=O) groups is 1. The standard InChI is InChI=1S/C12H20N4O6/c1-5-2-8(19)14-12(13-5)16-10(11(20)21)15-9-3-6(18)7(4-17)22-9/h5-9,17-19H,2-4H2,1H3,(H,20,21)(H2,13,14,15,16)/t5?,6-,7+,8?,9+/m0/s1. The van der Waals surface area contributed by atoms with Crippen LogP contribution in [0.4, 0.5) is 0 Å². The average Bonchev–Trinajstić information content (AvgIpc) is 2.76. The Kier molecular flexibility index (Phi) is 5.29. The SMILES string of the molecule is CC1CC(O)N=C(N/C(=N/[C@H]2C[C@H](O)[C@@H](CO)O2)C(=O)O)N1. The molecule has 0 spiro atoms. The van der Waals surface area contributed by atoms with E-state index < -0.39 is 36.5 Å². The zero-order valence-electron chi connectivity index (χ0n) is 12.0. The molecule has 0 amide bonds. The molecule has 0 bridgehead atoms. The second kappa shape index (κ2) is 7.01. The van der Waals surface area contributed by atoms with Gasteiger partial charge in [-0.1, -0.05) is 0 Å². The number of hydrogen-bond donors (Lipinski definition) is 6. The molecule has 5 atom stereocenters. The minimum atomic E-state index is -1.33. The molecule has 1 saturated heterocycles. The van der Waals surface area contributed by atoms with Gasteiger partial charge in [0.2, 0.25) is 5.84 Å². The van der Waals surface area contributed by atoms with E-state index >= 15 is 0 Å². The van der Waals surface area contributed by atoms with E-state index in [4.69, 9.17) is 9.84 Å². The van der Waals surface area contributed by atoms with E-state index in [-0.39, 0.29) is 25.0 Å². The van der Waals surface area contributed by atoms with Gasteiger partial charge in [0.05, 0.1) is 12.7 Å². The van der Waals surface area contributed by atoms with Crippen LogP contribution in [-0.2, 0) is 9.53 Å². The van der Waals surface area contributed by atoms with Gasteiger partial charge in [-0.3, -0.25) is 0 Å². The monoisotopic (exact) mass is 316 g/mol. The first-order valence-electron chi connectivity index (χ1n) is 6.94. The van der Waals surface area contributed by atoms with E-state index in [0.717, 1.165) is 0 Å². The number of hydrogen-bond acceptors (Lipinski definition) is 8. The molecule has 6 N–H and O–H groups in total. The molecule has 2 rings (SSSR count). The molecule has 1 fully saturated rings. The summed E-state index contributed by atoms with van der Waals surface area (Å²) in [6, 6.07) is -0.0756. The predicted octanol–water partition coefficient (Wildman–Crippen LogP) is -2.42. The predicted molar refractivity (Wildman–Crippen MR) is 75.2 cm³/mol. The second-order valence-corrected chi connectivity index (χ2v) is 5.26. The molecule has 0 radical (unpaired) electrons. The van der Waals surface area contributed by atoms with Gasteiger partial charge in [0.15, 0.2) is 18.4 Å². The van der Waals surface area contributed by atoms with Crippen molar-refractivity contribution >= 4 is 17.8 Å². The molecule has 2 aliphatic heterocycles. The summed E-state index contributed by atoms with van der Waals surface area (Å²) in [5.41, 5.74) is 0. The lowest BCUT2D eigenvalue weighted by atomic mass is 10.2. The maximum Gasteiger partial charge on any atom is 0.371 e. The van der Waals surface area contributed by atoms with Gasteiger partial charge in [-0.25, -0.2) is 14.8 Å². The second-order valence-electron chi connectivity index (χ2n) is 5.26. The number of rotatable bonds is 2. The molecule has 2 unspecified atom stereocenters. The summed E-state index contributed by atoms with van der Waals surface area (Å²) >= 11 is 0. The van der Waals surface area contributed by atoms with Gasteiger partial charge < -0.3 is 35.8 Å². The number of carboxylic acid groups (broad SMARTS) is 1. The molecule has 0 saturated carbocycles. The van der Waals surface area contributed by atoms with E-state index in [0.29, 0.717) is 6.42 Å². The van der Waals surface area contributed by atoms with Crippen molar-refractivity contribution in [2.24, 2.45) is 9.98 Å². The quantitative estimate of drug-likeness (QED) is 0.243. The molecule has 0 aromatic heterocycles. The highest BCUT2D eigenvalue weighted by Crippen LogP contribution is 2.21. The molecule has 0 aromatic rings. The van der Waals surface area contributed by atoms with E-state index in [1.807, 2.05) is 6.92 Å². The Hall–Kier alpha value is -1.75.